The molecular formula is C21H32N4O4S. The van der Waals surface area contributed by atoms with Gasteiger partial charge in [0.1, 0.15) is 5.70 Å². The van der Waals surface area contributed by atoms with E-state index in [1.54, 1.807) is 19.0 Å². The maximum absolute atomic E-state index is 12.9. The number of β-lactam (4-membered cyclic amide) rings is 1. The molecule has 1 aliphatic carbocycles. The van der Waals surface area contributed by atoms with E-state index >= 15 is 0 Å². The van der Waals surface area contributed by atoms with Crippen molar-refractivity contribution in [1.29, 1.82) is 0 Å². The summed E-state index contributed by atoms with van der Waals surface area (Å²) in [5.41, 5.74) is 0.149. The topological polar surface area (TPSA) is 102 Å². The normalized spacial score (nSPS) is 34.1. The average molecular weight is 437 g/mol. The summed E-state index contributed by atoms with van der Waals surface area (Å²) in [5, 5.41) is 16.7. The number of fused-ring (bicyclic) bond motifs is 1. The second-order valence-electron chi connectivity index (χ2n) is 9.34. The first-order valence-corrected chi connectivity index (χ1v) is 11.7. The Bertz CT molecular complexity index is 781. The van der Waals surface area contributed by atoms with Crippen molar-refractivity contribution in [3.05, 3.63) is 10.6 Å². The fourth-order valence-electron chi connectivity index (χ4n) is 4.97. The highest BCUT2D eigenvalue weighted by Gasteiger charge is 2.60. The highest BCUT2D eigenvalue weighted by Crippen LogP contribution is 2.51. The number of carboxylic acid groups (broad SMARTS) is 1. The van der Waals surface area contributed by atoms with Crippen LogP contribution in [0.1, 0.15) is 33.1 Å². The minimum atomic E-state index is -1.04. The summed E-state index contributed by atoms with van der Waals surface area (Å²) < 4.78 is 0. The molecule has 166 valence electrons. The van der Waals surface area contributed by atoms with E-state index in [9.17, 15) is 19.5 Å². The highest BCUT2D eigenvalue weighted by molar-refractivity contribution is 8.03. The van der Waals surface area contributed by atoms with Gasteiger partial charge in [-0.2, -0.15) is 0 Å². The second-order valence-corrected chi connectivity index (χ2v) is 10.7. The predicted molar refractivity (Wildman–Crippen MR) is 115 cm³/mol. The molecule has 3 fully saturated rings. The van der Waals surface area contributed by atoms with E-state index in [4.69, 9.17) is 0 Å². The number of carboxylic acids is 1. The summed E-state index contributed by atoms with van der Waals surface area (Å²) in [6.07, 6.45) is 3.16. The van der Waals surface area contributed by atoms with E-state index < -0.39 is 5.97 Å². The Labute approximate surface area is 181 Å². The van der Waals surface area contributed by atoms with Crippen LogP contribution in [-0.2, 0) is 14.4 Å². The second kappa shape index (κ2) is 8.16. The standard InChI is InChI=1S/C21H32N4O4S/c1-10-16-15(11(2)22-8-12-5-6-12)20(27)25(16)17(21(28)29)18(10)30-13-7-14(23-9-13)19(26)24(3)4/h10-16,22-23H,5-9H2,1-4H3,(H,28,29)/t10-,11-,13+,14+,15-,16-/m1/s1. The quantitative estimate of drug-likeness (QED) is 0.482. The zero-order chi connectivity index (χ0) is 21.7. The zero-order valence-corrected chi connectivity index (χ0v) is 18.9. The lowest BCUT2D eigenvalue weighted by Gasteiger charge is -2.47. The molecule has 4 rings (SSSR count). The molecule has 2 saturated heterocycles. The van der Waals surface area contributed by atoms with E-state index in [2.05, 4.69) is 10.6 Å². The largest absolute Gasteiger partial charge is 0.477 e. The van der Waals surface area contributed by atoms with Gasteiger partial charge in [0.2, 0.25) is 11.8 Å². The van der Waals surface area contributed by atoms with Crippen LogP contribution in [0, 0.1) is 17.8 Å². The van der Waals surface area contributed by atoms with Gasteiger partial charge in [-0.25, -0.2) is 4.79 Å². The number of thioether (sulfide) groups is 1. The number of nitrogens with zero attached hydrogens (tertiary/aromatic N) is 2. The Balaban J connectivity index is 1.46. The maximum atomic E-state index is 12.9. The monoisotopic (exact) mass is 436 g/mol. The van der Waals surface area contributed by atoms with Crippen LogP contribution < -0.4 is 10.6 Å². The van der Waals surface area contributed by atoms with Gasteiger partial charge in [0.05, 0.1) is 18.0 Å². The molecule has 3 aliphatic heterocycles. The first-order valence-electron chi connectivity index (χ1n) is 10.9. The van der Waals surface area contributed by atoms with Gasteiger partial charge < -0.3 is 25.5 Å². The molecule has 9 heteroatoms. The molecule has 6 atom stereocenters. The molecule has 0 spiro atoms. The molecule has 1 saturated carbocycles. The van der Waals surface area contributed by atoms with Gasteiger partial charge in [-0.3, -0.25) is 9.59 Å². The molecule has 30 heavy (non-hydrogen) atoms. The van der Waals surface area contributed by atoms with Crippen molar-refractivity contribution in [2.24, 2.45) is 17.8 Å². The van der Waals surface area contributed by atoms with Crippen LogP contribution in [0.15, 0.2) is 10.6 Å². The molecule has 3 heterocycles. The lowest BCUT2D eigenvalue weighted by molar-refractivity contribution is -0.158. The molecule has 2 amide bonds. The van der Waals surface area contributed by atoms with Gasteiger partial charge in [0, 0.05) is 42.8 Å². The number of hydrogen-bond acceptors (Lipinski definition) is 6. The van der Waals surface area contributed by atoms with E-state index in [1.165, 1.54) is 29.5 Å². The Hall–Kier alpha value is -1.58. The van der Waals surface area contributed by atoms with E-state index in [1.807, 2.05) is 13.8 Å². The summed E-state index contributed by atoms with van der Waals surface area (Å²) in [5.74, 6) is -0.551. The van der Waals surface area contributed by atoms with Crippen LogP contribution >= 0.6 is 11.8 Å². The van der Waals surface area contributed by atoms with Gasteiger partial charge in [0.15, 0.2) is 0 Å². The Morgan fingerprint density at radius 1 is 1.37 bits per heavy atom. The smallest absolute Gasteiger partial charge is 0.353 e. The number of carbonyl (C=O) groups excluding carboxylic acids is 2. The Morgan fingerprint density at radius 2 is 2.07 bits per heavy atom. The number of likely N-dealkylation sites (N-methyl/N-ethyl adjacent to an activating group) is 1. The molecule has 8 nitrogen and oxygen atoms in total. The van der Waals surface area contributed by atoms with E-state index in [0.29, 0.717) is 13.0 Å². The molecule has 4 aliphatic rings. The molecule has 3 N–H and O–H groups in total. The van der Waals surface area contributed by atoms with Gasteiger partial charge in [-0.15, -0.1) is 11.8 Å². The van der Waals surface area contributed by atoms with Crippen molar-refractivity contribution in [3.63, 3.8) is 0 Å². The summed E-state index contributed by atoms with van der Waals surface area (Å²) in [6, 6.07) is -0.293. The third-order valence-electron chi connectivity index (χ3n) is 6.88. The van der Waals surface area contributed by atoms with Gasteiger partial charge in [-0.1, -0.05) is 6.92 Å². The van der Waals surface area contributed by atoms with Crippen LogP contribution in [0.3, 0.4) is 0 Å². The summed E-state index contributed by atoms with van der Waals surface area (Å²) in [7, 11) is 3.48. The molecule has 0 aromatic heterocycles. The average Bonchev–Trinajstić information content (AvgIpc) is 3.35. The highest BCUT2D eigenvalue weighted by atomic mass is 32.2. The lowest BCUT2D eigenvalue weighted by Crippen LogP contribution is -2.65. The van der Waals surface area contributed by atoms with Crippen molar-refractivity contribution in [3.8, 4) is 0 Å². The first-order chi connectivity index (χ1) is 14.2. The minimum absolute atomic E-state index is 0.0161. The number of rotatable bonds is 8. The third kappa shape index (κ3) is 3.76. The SMILES string of the molecule is C[C@@H](NCC1CC1)[C@H]1C(=O)N2C(C(=O)O)=C(S[C@@H]3CN[C@H](C(=O)N(C)C)C3)[C@H](C)[C@H]12. The Morgan fingerprint density at radius 3 is 2.67 bits per heavy atom. The number of carbonyl (C=O) groups is 3. The molecule has 0 aromatic rings. The van der Waals surface area contributed by atoms with Crippen LogP contribution in [-0.4, -0.2) is 83.3 Å². The molecule has 0 aromatic carbocycles. The summed E-state index contributed by atoms with van der Waals surface area (Å²) >= 11 is 1.54. The fourth-order valence-corrected chi connectivity index (χ4v) is 6.45. The minimum Gasteiger partial charge on any atom is -0.477 e. The third-order valence-corrected chi connectivity index (χ3v) is 8.39. The van der Waals surface area contributed by atoms with Crippen molar-refractivity contribution < 1.29 is 19.5 Å². The first kappa shape index (κ1) is 21.6. The van der Waals surface area contributed by atoms with Crippen LogP contribution in [0.25, 0.3) is 0 Å². The van der Waals surface area contributed by atoms with Crippen molar-refractivity contribution in [2.75, 3.05) is 27.2 Å². The number of hydrogen-bond donors (Lipinski definition) is 3. The van der Waals surface area contributed by atoms with Gasteiger partial charge in [-0.05, 0) is 38.6 Å². The van der Waals surface area contributed by atoms with E-state index in [0.717, 1.165) is 17.4 Å². The Kier molecular flexibility index (Phi) is 5.89. The zero-order valence-electron chi connectivity index (χ0n) is 18.1. The summed E-state index contributed by atoms with van der Waals surface area (Å²) in [6.45, 7) is 5.66. The van der Waals surface area contributed by atoms with Crippen molar-refractivity contribution in [2.45, 2.75) is 56.5 Å². The number of aliphatic carboxylic acids is 1. The van der Waals surface area contributed by atoms with Crippen molar-refractivity contribution in [1.82, 2.24) is 20.4 Å². The maximum Gasteiger partial charge on any atom is 0.353 e. The van der Waals surface area contributed by atoms with Crippen LogP contribution in [0.5, 0.6) is 0 Å². The van der Waals surface area contributed by atoms with Crippen LogP contribution in [0.2, 0.25) is 0 Å². The summed E-state index contributed by atoms with van der Waals surface area (Å²) in [4.78, 5) is 41.1. The molecule has 0 radical (unpaired) electrons. The molecular weight excluding hydrogens is 404 g/mol. The molecule has 0 bridgehead atoms. The van der Waals surface area contributed by atoms with Gasteiger partial charge >= 0.3 is 5.97 Å². The van der Waals surface area contributed by atoms with E-state index in [-0.39, 0.29) is 52.7 Å². The van der Waals surface area contributed by atoms with Crippen molar-refractivity contribution >= 4 is 29.5 Å². The molecule has 0 unspecified atom stereocenters. The fraction of sp³-hybridized carbons (Fsp3) is 0.762. The van der Waals surface area contributed by atoms with Gasteiger partial charge in [0.25, 0.3) is 0 Å². The number of nitrogens with one attached hydrogen (secondary N) is 2. The van der Waals surface area contributed by atoms with Crippen LogP contribution in [0.4, 0.5) is 0 Å². The lowest BCUT2D eigenvalue weighted by atomic mass is 9.78. The number of amides is 2. The predicted octanol–water partition coefficient (Wildman–Crippen LogP) is 0.699.